The molecule has 1 N–H and O–H groups in total. The van der Waals surface area contributed by atoms with Gasteiger partial charge in [-0.25, -0.2) is 17.4 Å². The van der Waals surface area contributed by atoms with Crippen LogP contribution < -0.4 is 5.32 Å². The molecule has 1 unspecified atom stereocenters. The number of aromatic nitrogens is 2. The van der Waals surface area contributed by atoms with E-state index in [2.05, 4.69) is 10.4 Å². The van der Waals surface area contributed by atoms with Gasteiger partial charge in [-0.05, 0) is 38.0 Å². The van der Waals surface area contributed by atoms with Crippen LogP contribution in [-0.2, 0) is 14.8 Å². The van der Waals surface area contributed by atoms with Crippen LogP contribution in [0.4, 0.5) is 5.82 Å². The lowest BCUT2D eigenvalue weighted by atomic mass is 9.95. The van der Waals surface area contributed by atoms with Crippen molar-refractivity contribution in [2.24, 2.45) is 0 Å². The van der Waals surface area contributed by atoms with Crippen LogP contribution in [0.15, 0.2) is 35.5 Å². The van der Waals surface area contributed by atoms with E-state index in [1.54, 1.807) is 36.7 Å². The Morgan fingerprint density at radius 3 is 2.55 bits per heavy atom. The second-order valence-electron chi connectivity index (χ2n) is 6.94. The maximum absolute atomic E-state index is 13.3. The van der Waals surface area contributed by atoms with Gasteiger partial charge in [0.2, 0.25) is 10.0 Å². The number of rotatable bonds is 5. The minimum absolute atomic E-state index is 0.113. The van der Waals surface area contributed by atoms with Gasteiger partial charge >= 0.3 is 0 Å². The van der Waals surface area contributed by atoms with Crippen molar-refractivity contribution in [1.29, 1.82) is 0 Å². The SMILES string of the molecule is CCCS(=O)(=O)N(C)C(=O)C1=C(C)Nc2cc(C)nn2C1c1ccc(Cl)c(Cl)c1. The van der Waals surface area contributed by atoms with Crippen LogP contribution in [0.5, 0.6) is 0 Å². The van der Waals surface area contributed by atoms with Crippen LogP contribution in [0, 0.1) is 6.92 Å². The summed E-state index contributed by atoms with van der Waals surface area (Å²) >= 11 is 12.3. The third-order valence-electron chi connectivity index (χ3n) is 4.75. The number of halogens is 2. The molecule has 1 amide bonds. The van der Waals surface area contributed by atoms with Crippen molar-refractivity contribution in [3.8, 4) is 0 Å². The molecule has 156 valence electrons. The molecule has 1 atom stereocenters. The van der Waals surface area contributed by atoms with E-state index < -0.39 is 22.0 Å². The molecule has 0 aliphatic carbocycles. The molecule has 0 fully saturated rings. The van der Waals surface area contributed by atoms with Gasteiger partial charge in [-0.15, -0.1) is 0 Å². The smallest absolute Gasteiger partial charge is 0.267 e. The van der Waals surface area contributed by atoms with Gasteiger partial charge in [0.1, 0.15) is 11.9 Å². The van der Waals surface area contributed by atoms with Gasteiger partial charge in [-0.2, -0.15) is 5.10 Å². The highest BCUT2D eigenvalue weighted by atomic mass is 35.5. The molecule has 29 heavy (non-hydrogen) atoms. The number of anilines is 1. The number of likely N-dealkylation sites (N-methyl/N-ethyl adjacent to an activating group) is 1. The molecule has 1 aromatic heterocycles. The quantitative estimate of drug-likeness (QED) is 0.734. The first-order chi connectivity index (χ1) is 13.6. The van der Waals surface area contributed by atoms with Crippen molar-refractivity contribution in [3.63, 3.8) is 0 Å². The number of carbonyl (C=O) groups is 1. The number of fused-ring (bicyclic) bond motifs is 1. The van der Waals surface area contributed by atoms with Crippen molar-refractivity contribution >= 4 is 45.0 Å². The molecule has 0 bridgehead atoms. The minimum atomic E-state index is -3.73. The van der Waals surface area contributed by atoms with Gasteiger partial charge in [0.05, 0.1) is 27.1 Å². The number of nitrogens with zero attached hydrogens (tertiary/aromatic N) is 3. The molecule has 3 rings (SSSR count). The van der Waals surface area contributed by atoms with Crippen LogP contribution in [-0.4, -0.2) is 41.2 Å². The van der Waals surface area contributed by atoms with Crippen molar-refractivity contribution in [2.45, 2.75) is 33.2 Å². The van der Waals surface area contributed by atoms with E-state index >= 15 is 0 Å². The van der Waals surface area contributed by atoms with Gasteiger partial charge in [0, 0.05) is 18.8 Å². The maximum atomic E-state index is 13.3. The number of carbonyl (C=O) groups excluding carboxylic acids is 1. The molecule has 0 saturated heterocycles. The summed E-state index contributed by atoms with van der Waals surface area (Å²) in [5, 5.41) is 8.39. The third kappa shape index (κ3) is 4.01. The summed E-state index contributed by atoms with van der Waals surface area (Å²) < 4.78 is 27.5. The van der Waals surface area contributed by atoms with Crippen molar-refractivity contribution in [1.82, 2.24) is 14.1 Å². The van der Waals surface area contributed by atoms with E-state index in [-0.39, 0.29) is 11.3 Å². The first kappa shape index (κ1) is 21.7. The Hall–Kier alpha value is -2.03. The maximum Gasteiger partial charge on any atom is 0.267 e. The first-order valence-electron chi connectivity index (χ1n) is 9.06. The lowest BCUT2D eigenvalue weighted by Gasteiger charge is -2.31. The van der Waals surface area contributed by atoms with Gasteiger partial charge in [-0.3, -0.25) is 4.79 Å². The highest BCUT2D eigenvalue weighted by Crippen LogP contribution is 2.39. The van der Waals surface area contributed by atoms with E-state index in [1.165, 1.54) is 7.05 Å². The number of amides is 1. The zero-order valence-corrected chi connectivity index (χ0v) is 18.9. The van der Waals surface area contributed by atoms with Gasteiger partial charge in [0.25, 0.3) is 5.91 Å². The standard InChI is InChI=1S/C19H22Cl2N4O3S/c1-5-8-29(27,28)24(4)19(26)17-12(3)22-16-9-11(2)23-25(16)18(17)13-6-7-14(20)15(21)10-13/h6-7,9-10,18,22H,5,8H2,1-4H3. The molecule has 1 aliphatic rings. The highest BCUT2D eigenvalue weighted by molar-refractivity contribution is 7.89. The fourth-order valence-electron chi connectivity index (χ4n) is 3.35. The summed E-state index contributed by atoms with van der Waals surface area (Å²) in [6, 6.07) is 6.27. The number of sulfonamides is 1. The lowest BCUT2D eigenvalue weighted by molar-refractivity contribution is -0.122. The van der Waals surface area contributed by atoms with E-state index in [0.29, 0.717) is 33.5 Å². The summed E-state index contributed by atoms with van der Waals surface area (Å²) in [7, 11) is -2.45. The molecule has 0 radical (unpaired) electrons. The van der Waals surface area contributed by atoms with Crippen LogP contribution in [0.25, 0.3) is 0 Å². The summed E-state index contributed by atoms with van der Waals surface area (Å²) in [6.07, 6.45) is 0.412. The number of hydrogen-bond acceptors (Lipinski definition) is 5. The second kappa shape index (κ2) is 8.01. The number of hydrogen-bond donors (Lipinski definition) is 1. The van der Waals surface area contributed by atoms with Crippen molar-refractivity contribution in [2.75, 3.05) is 18.1 Å². The van der Waals surface area contributed by atoms with Crippen LogP contribution in [0.3, 0.4) is 0 Å². The Labute approximate surface area is 180 Å². The minimum Gasteiger partial charge on any atom is -0.344 e. The Morgan fingerprint density at radius 1 is 1.24 bits per heavy atom. The van der Waals surface area contributed by atoms with Crippen LogP contribution in [0.2, 0.25) is 10.0 Å². The van der Waals surface area contributed by atoms with Gasteiger partial charge in [-0.1, -0.05) is 36.2 Å². The highest BCUT2D eigenvalue weighted by Gasteiger charge is 2.37. The zero-order valence-electron chi connectivity index (χ0n) is 16.5. The lowest BCUT2D eigenvalue weighted by Crippen LogP contribution is -2.40. The van der Waals surface area contributed by atoms with E-state index in [0.717, 1.165) is 10.00 Å². The number of allylic oxidation sites excluding steroid dienone is 1. The Morgan fingerprint density at radius 2 is 1.93 bits per heavy atom. The topological polar surface area (TPSA) is 84.3 Å². The fraction of sp³-hybridized carbons (Fsp3) is 0.368. The summed E-state index contributed by atoms with van der Waals surface area (Å²) in [4.78, 5) is 13.3. The normalized spacial score (nSPS) is 16.4. The van der Waals surface area contributed by atoms with Crippen LogP contribution in [0.1, 0.15) is 37.6 Å². The van der Waals surface area contributed by atoms with E-state index in [4.69, 9.17) is 23.2 Å². The summed E-state index contributed by atoms with van der Waals surface area (Å²) in [5.74, 6) is -0.0246. The van der Waals surface area contributed by atoms with Gasteiger partial charge in [0.15, 0.2) is 0 Å². The second-order valence-corrected chi connectivity index (χ2v) is 9.88. The van der Waals surface area contributed by atoms with Crippen molar-refractivity contribution < 1.29 is 13.2 Å². The molecule has 1 aromatic carbocycles. The molecule has 0 spiro atoms. The van der Waals surface area contributed by atoms with E-state index in [1.807, 2.05) is 13.0 Å². The molecule has 10 heteroatoms. The molecule has 2 heterocycles. The molecular weight excluding hydrogens is 435 g/mol. The van der Waals surface area contributed by atoms with Crippen LogP contribution >= 0.6 is 23.2 Å². The Bertz CT molecular complexity index is 1110. The zero-order chi connectivity index (χ0) is 21.5. The molecule has 1 aliphatic heterocycles. The number of aryl methyl sites for hydroxylation is 1. The molecule has 0 saturated carbocycles. The Kier molecular flexibility index (Phi) is 5.98. The largest absolute Gasteiger partial charge is 0.344 e. The fourth-order valence-corrected chi connectivity index (χ4v) is 4.80. The monoisotopic (exact) mass is 456 g/mol. The number of benzene rings is 1. The average Bonchev–Trinajstić information content (AvgIpc) is 3.01. The molecule has 7 nitrogen and oxygen atoms in total. The average molecular weight is 457 g/mol. The molecule has 2 aromatic rings. The Balaban J connectivity index is 2.17. The summed E-state index contributed by atoms with van der Waals surface area (Å²) in [5.41, 5.74) is 2.26. The third-order valence-corrected chi connectivity index (χ3v) is 7.41. The predicted octanol–water partition coefficient (Wildman–Crippen LogP) is 3.99. The van der Waals surface area contributed by atoms with Gasteiger partial charge < -0.3 is 5.32 Å². The summed E-state index contributed by atoms with van der Waals surface area (Å²) in [6.45, 7) is 5.33. The molecular formula is C19H22Cl2N4O3S. The van der Waals surface area contributed by atoms with E-state index in [9.17, 15) is 13.2 Å². The predicted molar refractivity (Wildman–Crippen MR) is 115 cm³/mol. The van der Waals surface area contributed by atoms with Crippen molar-refractivity contribution in [3.05, 3.63) is 56.8 Å². The first-order valence-corrected chi connectivity index (χ1v) is 11.4. The number of nitrogens with one attached hydrogen (secondary N) is 1.